The average Bonchev–Trinajstić information content (AvgIpc) is 2.91. The van der Waals surface area contributed by atoms with Gasteiger partial charge in [-0.05, 0) is 77.7 Å². The first-order chi connectivity index (χ1) is 18.7. The SMILES string of the molecule is O=C(O)c1cc(O)ccc1CONc1ccc(Cc2ccc(NC(=O)c3ccc(O)cc3C(=O)O)cc2)cc1. The lowest BCUT2D eigenvalue weighted by molar-refractivity contribution is 0.0682. The van der Waals surface area contributed by atoms with Crippen LogP contribution >= 0.6 is 0 Å². The van der Waals surface area contributed by atoms with Crippen LogP contribution in [0.4, 0.5) is 11.4 Å². The predicted molar refractivity (Wildman–Crippen MR) is 142 cm³/mol. The number of benzene rings is 4. The number of phenolic OH excluding ortho intramolecular Hbond substituents is 2. The zero-order valence-electron chi connectivity index (χ0n) is 20.4. The molecule has 0 aromatic heterocycles. The van der Waals surface area contributed by atoms with Crippen molar-refractivity contribution >= 4 is 29.2 Å². The summed E-state index contributed by atoms with van der Waals surface area (Å²) in [5.74, 6) is -3.46. The van der Waals surface area contributed by atoms with Crippen LogP contribution in [-0.4, -0.2) is 38.3 Å². The maximum Gasteiger partial charge on any atom is 0.336 e. The summed E-state index contributed by atoms with van der Waals surface area (Å²) in [5, 5.41) is 40.2. The van der Waals surface area contributed by atoms with Crippen LogP contribution in [0.2, 0.25) is 0 Å². The number of amides is 1. The normalized spacial score (nSPS) is 10.6. The molecular formula is C29H24N2O8. The summed E-state index contributed by atoms with van der Waals surface area (Å²) in [7, 11) is 0. The smallest absolute Gasteiger partial charge is 0.336 e. The van der Waals surface area contributed by atoms with Gasteiger partial charge in [-0.25, -0.2) is 9.59 Å². The third-order valence-electron chi connectivity index (χ3n) is 5.79. The highest BCUT2D eigenvalue weighted by molar-refractivity contribution is 6.10. The highest BCUT2D eigenvalue weighted by Crippen LogP contribution is 2.21. The van der Waals surface area contributed by atoms with Crippen molar-refractivity contribution in [1.82, 2.24) is 0 Å². The number of carboxylic acids is 2. The van der Waals surface area contributed by atoms with E-state index in [1.807, 2.05) is 36.4 Å². The maximum absolute atomic E-state index is 12.6. The van der Waals surface area contributed by atoms with Gasteiger partial charge >= 0.3 is 11.9 Å². The highest BCUT2D eigenvalue weighted by atomic mass is 16.6. The van der Waals surface area contributed by atoms with Crippen LogP contribution in [0.25, 0.3) is 0 Å². The molecule has 0 atom stereocenters. The van der Waals surface area contributed by atoms with E-state index in [-0.39, 0.29) is 34.8 Å². The fraction of sp³-hybridized carbons (Fsp3) is 0.0690. The summed E-state index contributed by atoms with van der Waals surface area (Å²) in [6, 6.07) is 22.1. The molecule has 0 spiro atoms. The Kier molecular flexibility index (Phi) is 8.08. The van der Waals surface area contributed by atoms with Gasteiger partial charge in [-0.15, -0.1) is 0 Å². The van der Waals surface area contributed by atoms with Gasteiger partial charge in [-0.2, -0.15) is 0 Å². The Morgan fingerprint density at radius 1 is 0.641 bits per heavy atom. The van der Waals surface area contributed by atoms with Crippen molar-refractivity contribution in [3.63, 3.8) is 0 Å². The van der Waals surface area contributed by atoms with Crippen LogP contribution in [0.1, 0.15) is 47.8 Å². The molecule has 0 fully saturated rings. The van der Waals surface area contributed by atoms with Gasteiger partial charge in [0.2, 0.25) is 0 Å². The second kappa shape index (κ2) is 11.8. The van der Waals surface area contributed by atoms with E-state index in [0.717, 1.165) is 17.2 Å². The summed E-state index contributed by atoms with van der Waals surface area (Å²) in [6.07, 6.45) is 0.617. The van der Waals surface area contributed by atoms with Crippen LogP contribution in [0.3, 0.4) is 0 Å². The molecule has 4 aromatic carbocycles. The van der Waals surface area contributed by atoms with Gasteiger partial charge in [-0.3, -0.25) is 15.1 Å². The summed E-state index contributed by atoms with van der Waals surface area (Å²) in [5.41, 5.74) is 5.94. The second-order valence-electron chi connectivity index (χ2n) is 8.60. The van der Waals surface area contributed by atoms with Gasteiger partial charge in [0.15, 0.2) is 0 Å². The number of rotatable bonds is 10. The number of carbonyl (C=O) groups is 3. The largest absolute Gasteiger partial charge is 0.508 e. The third-order valence-corrected chi connectivity index (χ3v) is 5.79. The van der Waals surface area contributed by atoms with Crippen LogP contribution in [-0.2, 0) is 17.9 Å². The van der Waals surface area contributed by atoms with Gasteiger partial charge in [0.25, 0.3) is 5.91 Å². The Balaban J connectivity index is 1.31. The molecule has 198 valence electrons. The number of nitrogens with one attached hydrogen (secondary N) is 2. The Morgan fingerprint density at radius 2 is 1.18 bits per heavy atom. The lowest BCUT2D eigenvalue weighted by Crippen LogP contribution is -2.16. The van der Waals surface area contributed by atoms with Gasteiger partial charge in [-0.1, -0.05) is 30.3 Å². The standard InChI is InChI=1S/C29H24N2O8/c32-22-10-5-19(25(14-22)28(35)36)16-39-31-21-8-3-18(4-9-21)13-17-1-6-20(7-2-17)30-27(34)24-12-11-23(33)15-26(24)29(37)38/h1-12,14-15,31-33H,13,16H2,(H,30,34)(H,35,36)(H,37,38). The molecule has 4 rings (SSSR count). The van der Waals surface area contributed by atoms with Crippen LogP contribution in [0, 0.1) is 0 Å². The van der Waals surface area contributed by atoms with Crippen molar-refractivity contribution in [1.29, 1.82) is 0 Å². The minimum absolute atomic E-state index is 0.0169. The molecule has 4 aromatic rings. The molecule has 0 radical (unpaired) electrons. The minimum atomic E-state index is -1.32. The third kappa shape index (κ3) is 6.90. The van der Waals surface area contributed by atoms with Gasteiger partial charge in [0, 0.05) is 5.69 Å². The van der Waals surface area contributed by atoms with Crippen LogP contribution in [0.5, 0.6) is 11.5 Å². The Bertz CT molecular complexity index is 1520. The number of carbonyl (C=O) groups excluding carboxylic acids is 1. The topological polar surface area (TPSA) is 165 Å². The molecule has 1 amide bonds. The van der Waals surface area contributed by atoms with Crippen LogP contribution < -0.4 is 10.8 Å². The summed E-state index contributed by atoms with van der Waals surface area (Å²) >= 11 is 0. The lowest BCUT2D eigenvalue weighted by atomic mass is 10.0. The first-order valence-corrected chi connectivity index (χ1v) is 11.7. The van der Waals surface area contributed by atoms with Gasteiger partial charge < -0.3 is 25.7 Å². The van der Waals surface area contributed by atoms with E-state index in [1.165, 1.54) is 30.3 Å². The van der Waals surface area contributed by atoms with E-state index in [1.54, 1.807) is 12.1 Å². The maximum atomic E-state index is 12.6. The Hall–Kier alpha value is -5.35. The lowest BCUT2D eigenvalue weighted by Gasteiger charge is -2.11. The minimum Gasteiger partial charge on any atom is -0.508 e. The Labute approximate surface area is 222 Å². The number of hydrogen-bond acceptors (Lipinski definition) is 7. The fourth-order valence-corrected chi connectivity index (χ4v) is 3.82. The summed E-state index contributed by atoms with van der Waals surface area (Å²) in [6.45, 7) is -0.0169. The quantitative estimate of drug-likeness (QED) is 0.157. The molecule has 10 heteroatoms. The molecule has 10 nitrogen and oxygen atoms in total. The molecule has 0 aliphatic carbocycles. The molecule has 0 heterocycles. The zero-order valence-corrected chi connectivity index (χ0v) is 20.4. The number of anilines is 2. The molecular weight excluding hydrogens is 504 g/mol. The first kappa shape index (κ1) is 26.7. The number of hydrogen-bond donors (Lipinski definition) is 6. The van der Waals surface area contributed by atoms with Gasteiger partial charge in [0.1, 0.15) is 18.1 Å². The van der Waals surface area contributed by atoms with Gasteiger partial charge in [0.05, 0.1) is 22.4 Å². The van der Waals surface area contributed by atoms with E-state index < -0.39 is 17.8 Å². The first-order valence-electron chi connectivity index (χ1n) is 11.7. The van der Waals surface area contributed by atoms with Crippen molar-refractivity contribution in [2.45, 2.75) is 13.0 Å². The fourth-order valence-electron chi connectivity index (χ4n) is 3.82. The van der Waals surface area contributed by atoms with E-state index in [0.29, 0.717) is 23.4 Å². The van der Waals surface area contributed by atoms with Crippen molar-refractivity contribution in [3.8, 4) is 11.5 Å². The van der Waals surface area contributed by atoms with E-state index >= 15 is 0 Å². The van der Waals surface area contributed by atoms with Crippen LogP contribution in [0.15, 0.2) is 84.9 Å². The molecule has 0 aliphatic heterocycles. The summed E-state index contributed by atoms with van der Waals surface area (Å²) < 4.78 is 0. The molecule has 0 saturated heterocycles. The highest BCUT2D eigenvalue weighted by Gasteiger charge is 2.17. The molecule has 0 unspecified atom stereocenters. The number of aromatic carboxylic acids is 2. The zero-order chi connectivity index (χ0) is 27.9. The molecule has 6 N–H and O–H groups in total. The second-order valence-corrected chi connectivity index (χ2v) is 8.60. The average molecular weight is 529 g/mol. The number of aromatic hydroxyl groups is 2. The molecule has 0 aliphatic rings. The van der Waals surface area contributed by atoms with E-state index in [2.05, 4.69) is 10.8 Å². The monoisotopic (exact) mass is 528 g/mol. The molecule has 0 bridgehead atoms. The van der Waals surface area contributed by atoms with Crippen molar-refractivity contribution in [2.24, 2.45) is 0 Å². The molecule has 39 heavy (non-hydrogen) atoms. The van der Waals surface area contributed by atoms with E-state index in [4.69, 9.17) is 4.84 Å². The van der Waals surface area contributed by atoms with Crippen molar-refractivity contribution < 1.29 is 39.6 Å². The molecule has 0 saturated carbocycles. The van der Waals surface area contributed by atoms with E-state index in [9.17, 15) is 34.8 Å². The summed E-state index contributed by atoms with van der Waals surface area (Å²) in [4.78, 5) is 40.7. The predicted octanol–water partition coefficient (Wildman–Crippen LogP) is 4.88. The number of carboxylic acid groups (broad SMARTS) is 2. The van der Waals surface area contributed by atoms with Crippen molar-refractivity contribution in [3.05, 3.63) is 118 Å². The number of phenols is 2. The Morgan fingerprint density at radius 3 is 1.77 bits per heavy atom. The van der Waals surface area contributed by atoms with Crippen molar-refractivity contribution in [2.75, 3.05) is 10.8 Å².